The Balaban J connectivity index is 1.64. The maximum atomic E-state index is 12.3. The molecule has 2 unspecified atom stereocenters. The lowest BCUT2D eigenvalue weighted by Crippen LogP contribution is -2.39. The van der Waals surface area contributed by atoms with E-state index < -0.39 is 0 Å². The van der Waals surface area contributed by atoms with Gasteiger partial charge in [0.2, 0.25) is 5.91 Å². The minimum absolute atomic E-state index is 0.0262. The van der Waals surface area contributed by atoms with Crippen LogP contribution in [-0.4, -0.2) is 11.9 Å². The molecule has 4 nitrogen and oxygen atoms in total. The van der Waals surface area contributed by atoms with Gasteiger partial charge in [-0.3, -0.25) is 4.79 Å². The molecule has 1 aliphatic heterocycles. The standard InChI is InChI=1S/C16H14Cl3N3O/c17-10-3-1-2-9(6-10)14-8-15(22-21-14)16(23)20-11-4-5-12(18)13(19)7-11/h1-7,14-15,21-22H,8H2,(H,20,23). The number of carbonyl (C=O) groups is 1. The molecule has 1 aliphatic rings. The second-order valence-corrected chi connectivity index (χ2v) is 6.55. The molecule has 1 amide bonds. The number of benzene rings is 2. The molecule has 3 rings (SSSR count). The van der Waals surface area contributed by atoms with E-state index in [0.29, 0.717) is 27.2 Å². The second kappa shape index (κ2) is 7.07. The lowest BCUT2D eigenvalue weighted by atomic mass is 10.0. The van der Waals surface area contributed by atoms with Gasteiger partial charge in [0.1, 0.15) is 6.04 Å². The van der Waals surface area contributed by atoms with Crippen LogP contribution in [0.25, 0.3) is 0 Å². The van der Waals surface area contributed by atoms with Crippen LogP contribution in [-0.2, 0) is 4.79 Å². The quantitative estimate of drug-likeness (QED) is 0.759. The molecule has 7 heteroatoms. The highest BCUT2D eigenvalue weighted by atomic mass is 35.5. The van der Waals surface area contributed by atoms with Crippen molar-refractivity contribution in [3.05, 3.63) is 63.1 Å². The van der Waals surface area contributed by atoms with Crippen LogP contribution in [0.4, 0.5) is 5.69 Å². The largest absolute Gasteiger partial charge is 0.325 e. The van der Waals surface area contributed by atoms with Crippen LogP contribution < -0.4 is 16.2 Å². The molecule has 2 aromatic rings. The van der Waals surface area contributed by atoms with E-state index in [-0.39, 0.29) is 18.0 Å². The summed E-state index contributed by atoms with van der Waals surface area (Å²) in [7, 11) is 0. The predicted octanol–water partition coefficient (Wildman–Crippen LogP) is 4.19. The van der Waals surface area contributed by atoms with Gasteiger partial charge in [-0.15, -0.1) is 0 Å². The van der Waals surface area contributed by atoms with Crippen molar-refractivity contribution in [3.8, 4) is 0 Å². The van der Waals surface area contributed by atoms with Crippen molar-refractivity contribution in [1.29, 1.82) is 0 Å². The van der Waals surface area contributed by atoms with E-state index >= 15 is 0 Å². The number of rotatable bonds is 3. The third kappa shape index (κ3) is 3.97. The molecule has 1 fully saturated rings. The number of hydrazine groups is 1. The fourth-order valence-corrected chi connectivity index (χ4v) is 2.97. The topological polar surface area (TPSA) is 53.2 Å². The Hall–Kier alpha value is -1.30. The summed E-state index contributed by atoms with van der Waals surface area (Å²) in [5.74, 6) is -0.139. The Bertz CT molecular complexity index is 738. The molecule has 1 saturated heterocycles. The monoisotopic (exact) mass is 369 g/mol. The van der Waals surface area contributed by atoms with E-state index in [9.17, 15) is 4.79 Å². The van der Waals surface area contributed by atoms with Crippen molar-refractivity contribution in [3.63, 3.8) is 0 Å². The van der Waals surface area contributed by atoms with Crippen molar-refractivity contribution in [1.82, 2.24) is 10.9 Å². The summed E-state index contributed by atoms with van der Waals surface area (Å²) in [5.41, 5.74) is 7.77. The third-order valence-corrected chi connectivity index (χ3v) is 4.63. The molecule has 0 aromatic heterocycles. The molecule has 0 saturated carbocycles. The van der Waals surface area contributed by atoms with Gasteiger partial charge in [-0.05, 0) is 42.3 Å². The number of carbonyl (C=O) groups excluding carboxylic acids is 1. The average Bonchev–Trinajstić information content (AvgIpc) is 3.01. The first-order chi connectivity index (χ1) is 11.0. The first-order valence-electron chi connectivity index (χ1n) is 7.05. The van der Waals surface area contributed by atoms with E-state index in [1.54, 1.807) is 18.2 Å². The zero-order chi connectivity index (χ0) is 16.4. The number of halogens is 3. The number of hydrogen-bond donors (Lipinski definition) is 3. The number of hydrogen-bond acceptors (Lipinski definition) is 3. The lowest BCUT2D eigenvalue weighted by molar-refractivity contribution is -0.117. The summed E-state index contributed by atoms with van der Waals surface area (Å²) in [6, 6.07) is 12.2. The summed E-state index contributed by atoms with van der Waals surface area (Å²) in [4.78, 5) is 12.3. The van der Waals surface area contributed by atoms with Crippen LogP contribution in [0.3, 0.4) is 0 Å². The number of nitrogens with one attached hydrogen (secondary N) is 3. The molecule has 3 N–H and O–H groups in total. The number of anilines is 1. The van der Waals surface area contributed by atoms with Gasteiger partial charge in [-0.2, -0.15) is 0 Å². The molecule has 1 heterocycles. The first kappa shape index (κ1) is 16.6. The molecule has 2 aromatic carbocycles. The number of amides is 1. The van der Waals surface area contributed by atoms with Gasteiger partial charge >= 0.3 is 0 Å². The molecule has 0 aliphatic carbocycles. The Morgan fingerprint density at radius 2 is 1.87 bits per heavy atom. The van der Waals surface area contributed by atoms with Crippen LogP contribution in [0, 0.1) is 0 Å². The summed E-state index contributed by atoms with van der Waals surface area (Å²) in [6.07, 6.45) is 0.619. The Labute approximate surface area is 149 Å². The van der Waals surface area contributed by atoms with Gasteiger partial charge < -0.3 is 5.32 Å². The van der Waals surface area contributed by atoms with E-state index in [1.165, 1.54) is 0 Å². The highest BCUT2D eigenvalue weighted by Gasteiger charge is 2.30. The average molecular weight is 371 g/mol. The molecular formula is C16H14Cl3N3O. The van der Waals surface area contributed by atoms with Crippen LogP contribution >= 0.6 is 34.8 Å². The second-order valence-electron chi connectivity index (χ2n) is 5.30. The van der Waals surface area contributed by atoms with Crippen LogP contribution in [0.2, 0.25) is 15.1 Å². The van der Waals surface area contributed by atoms with Crippen molar-refractivity contribution in [2.75, 3.05) is 5.32 Å². The van der Waals surface area contributed by atoms with Crippen molar-refractivity contribution < 1.29 is 4.79 Å². The van der Waals surface area contributed by atoms with E-state index in [1.807, 2.05) is 24.3 Å². The molecular weight excluding hydrogens is 357 g/mol. The molecule has 0 spiro atoms. The molecule has 2 atom stereocenters. The van der Waals surface area contributed by atoms with E-state index in [2.05, 4.69) is 16.2 Å². The van der Waals surface area contributed by atoms with Crippen LogP contribution in [0.15, 0.2) is 42.5 Å². The fourth-order valence-electron chi connectivity index (χ4n) is 2.47. The highest BCUT2D eigenvalue weighted by molar-refractivity contribution is 6.42. The smallest absolute Gasteiger partial charge is 0.242 e. The maximum Gasteiger partial charge on any atom is 0.242 e. The first-order valence-corrected chi connectivity index (χ1v) is 8.19. The summed E-state index contributed by atoms with van der Waals surface area (Å²) >= 11 is 17.8. The van der Waals surface area contributed by atoms with Crippen molar-refractivity contribution >= 4 is 46.4 Å². The lowest BCUT2D eigenvalue weighted by Gasteiger charge is -2.11. The highest BCUT2D eigenvalue weighted by Crippen LogP contribution is 2.27. The van der Waals surface area contributed by atoms with Gasteiger partial charge in [0.15, 0.2) is 0 Å². The van der Waals surface area contributed by atoms with Crippen molar-refractivity contribution in [2.45, 2.75) is 18.5 Å². The molecule has 0 radical (unpaired) electrons. The zero-order valence-corrected chi connectivity index (χ0v) is 14.2. The summed E-state index contributed by atoms with van der Waals surface area (Å²) in [6.45, 7) is 0. The predicted molar refractivity (Wildman–Crippen MR) is 94.0 cm³/mol. The molecule has 23 heavy (non-hydrogen) atoms. The molecule has 0 bridgehead atoms. The van der Waals surface area contributed by atoms with Gasteiger partial charge in [0, 0.05) is 16.8 Å². The maximum absolute atomic E-state index is 12.3. The fraction of sp³-hybridized carbons (Fsp3) is 0.188. The van der Waals surface area contributed by atoms with Gasteiger partial charge in [-0.1, -0.05) is 46.9 Å². The normalized spacial score (nSPS) is 20.5. The Morgan fingerprint density at radius 1 is 1.04 bits per heavy atom. The zero-order valence-electron chi connectivity index (χ0n) is 11.9. The summed E-state index contributed by atoms with van der Waals surface area (Å²) < 4.78 is 0. The third-order valence-electron chi connectivity index (χ3n) is 3.66. The molecule has 120 valence electrons. The Kier molecular flexibility index (Phi) is 5.09. The van der Waals surface area contributed by atoms with Crippen LogP contribution in [0.1, 0.15) is 18.0 Å². The minimum Gasteiger partial charge on any atom is -0.325 e. The van der Waals surface area contributed by atoms with Crippen LogP contribution in [0.5, 0.6) is 0 Å². The van der Waals surface area contributed by atoms with E-state index in [0.717, 1.165) is 5.56 Å². The van der Waals surface area contributed by atoms with E-state index in [4.69, 9.17) is 34.8 Å². The van der Waals surface area contributed by atoms with Gasteiger partial charge in [0.05, 0.1) is 10.0 Å². The SMILES string of the molecule is O=C(Nc1ccc(Cl)c(Cl)c1)C1CC(c2cccc(Cl)c2)NN1. The summed E-state index contributed by atoms with van der Waals surface area (Å²) in [5, 5.41) is 4.35. The van der Waals surface area contributed by atoms with Crippen molar-refractivity contribution in [2.24, 2.45) is 0 Å². The van der Waals surface area contributed by atoms with Gasteiger partial charge in [-0.25, -0.2) is 10.9 Å². The Morgan fingerprint density at radius 3 is 2.61 bits per heavy atom. The minimum atomic E-state index is -0.353. The van der Waals surface area contributed by atoms with Gasteiger partial charge in [0.25, 0.3) is 0 Å².